The summed E-state index contributed by atoms with van der Waals surface area (Å²) in [6.07, 6.45) is 2.38. The summed E-state index contributed by atoms with van der Waals surface area (Å²) in [6, 6.07) is 15.3. The maximum atomic E-state index is 6.32. The molecule has 0 aliphatic heterocycles. The van der Waals surface area contributed by atoms with Crippen LogP contribution in [0.1, 0.15) is 17.2 Å². The van der Waals surface area contributed by atoms with Gasteiger partial charge >= 0.3 is 0 Å². The van der Waals surface area contributed by atoms with E-state index in [0.29, 0.717) is 16.5 Å². The molecular weight excluding hydrogens is 303 g/mol. The second-order valence-corrected chi connectivity index (χ2v) is 5.78. The molecule has 3 rings (SSSR count). The van der Waals surface area contributed by atoms with Crippen molar-refractivity contribution in [2.24, 2.45) is 5.73 Å². The van der Waals surface area contributed by atoms with Gasteiger partial charge in [0.1, 0.15) is 0 Å². The molecule has 3 aromatic rings. The molecule has 4 heteroatoms. The zero-order valence-electron chi connectivity index (χ0n) is 11.3. The zero-order valence-corrected chi connectivity index (χ0v) is 12.8. The quantitative estimate of drug-likeness (QED) is 0.755. The average molecular weight is 317 g/mol. The highest BCUT2D eigenvalue weighted by Gasteiger charge is 2.13. The number of aromatic nitrogens is 1. The smallest absolute Gasteiger partial charge is 0.0702 e. The molecule has 0 spiro atoms. The average Bonchev–Trinajstić information content (AvgIpc) is 2.50. The second-order valence-electron chi connectivity index (χ2n) is 4.97. The van der Waals surface area contributed by atoms with E-state index in [0.717, 1.165) is 22.0 Å². The molecule has 0 bridgehead atoms. The summed E-state index contributed by atoms with van der Waals surface area (Å²) >= 11 is 12.4. The molecule has 1 heterocycles. The van der Waals surface area contributed by atoms with Crippen molar-refractivity contribution < 1.29 is 0 Å². The van der Waals surface area contributed by atoms with E-state index in [2.05, 4.69) is 11.1 Å². The van der Waals surface area contributed by atoms with Crippen molar-refractivity contribution in [3.8, 4) is 0 Å². The highest BCUT2D eigenvalue weighted by Crippen LogP contribution is 2.29. The Kier molecular flexibility index (Phi) is 4.11. The van der Waals surface area contributed by atoms with E-state index in [1.807, 2.05) is 42.5 Å². The van der Waals surface area contributed by atoms with Crippen molar-refractivity contribution in [1.29, 1.82) is 0 Å². The Hall–Kier alpha value is -1.61. The van der Waals surface area contributed by atoms with Crippen LogP contribution in [0.2, 0.25) is 10.0 Å². The van der Waals surface area contributed by atoms with E-state index >= 15 is 0 Å². The molecule has 106 valence electrons. The van der Waals surface area contributed by atoms with Gasteiger partial charge in [0.25, 0.3) is 0 Å². The molecule has 0 fully saturated rings. The van der Waals surface area contributed by atoms with Gasteiger partial charge in [0.15, 0.2) is 0 Å². The van der Waals surface area contributed by atoms with Gasteiger partial charge in [0.2, 0.25) is 0 Å². The number of rotatable bonds is 3. The molecule has 1 aromatic heterocycles. The second kappa shape index (κ2) is 6.02. The molecule has 0 saturated heterocycles. The topological polar surface area (TPSA) is 38.9 Å². The summed E-state index contributed by atoms with van der Waals surface area (Å²) in [4.78, 5) is 4.31. The SMILES string of the molecule is NC(Cc1c(Cl)cccc1Cl)c1ccc2ncccc2c1. The van der Waals surface area contributed by atoms with Crippen LogP contribution in [0.4, 0.5) is 0 Å². The first-order valence-corrected chi connectivity index (χ1v) is 7.44. The number of halogens is 2. The summed E-state index contributed by atoms with van der Waals surface area (Å²) < 4.78 is 0. The third-order valence-electron chi connectivity index (χ3n) is 3.54. The van der Waals surface area contributed by atoms with Gasteiger partial charge in [-0.2, -0.15) is 0 Å². The predicted octanol–water partition coefficient (Wildman–Crippen LogP) is 4.78. The maximum absolute atomic E-state index is 6.32. The number of nitrogens with zero attached hydrogens (tertiary/aromatic N) is 1. The van der Waals surface area contributed by atoms with Gasteiger partial charge in [0.05, 0.1) is 5.52 Å². The lowest BCUT2D eigenvalue weighted by Gasteiger charge is -2.15. The van der Waals surface area contributed by atoms with E-state index in [1.54, 1.807) is 6.20 Å². The molecule has 0 aliphatic carbocycles. The fraction of sp³-hybridized carbons (Fsp3) is 0.118. The molecule has 21 heavy (non-hydrogen) atoms. The lowest BCUT2D eigenvalue weighted by molar-refractivity contribution is 0.723. The fourth-order valence-electron chi connectivity index (χ4n) is 2.39. The van der Waals surface area contributed by atoms with Crippen LogP contribution in [0.15, 0.2) is 54.7 Å². The van der Waals surface area contributed by atoms with Gasteiger partial charge in [-0.05, 0) is 47.9 Å². The normalized spacial score (nSPS) is 12.5. The number of pyridine rings is 1. The van der Waals surface area contributed by atoms with Crippen molar-refractivity contribution in [1.82, 2.24) is 4.98 Å². The molecule has 2 nitrogen and oxygen atoms in total. The molecule has 0 amide bonds. The molecule has 1 unspecified atom stereocenters. The van der Waals surface area contributed by atoms with Gasteiger partial charge in [-0.15, -0.1) is 0 Å². The number of fused-ring (bicyclic) bond motifs is 1. The van der Waals surface area contributed by atoms with E-state index in [4.69, 9.17) is 28.9 Å². The summed E-state index contributed by atoms with van der Waals surface area (Å²) in [5.74, 6) is 0. The van der Waals surface area contributed by atoms with Gasteiger partial charge in [-0.1, -0.05) is 41.4 Å². The minimum Gasteiger partial charge on any atom is -0.324 e. The van der Waals surface area contributed by atoms with E-state index in [1.165, 1.54) is 0 Å². The maximum Gasteiger partial charge on any atom is 0.0702 e. The van der Waals surface area contributed by atoms with E-state index in [-0.39, 0.29) is 6.04 Å². The minimum absolute atomic E-state index is 0.160. The number of benzene rings is 2. The van der Waals surface area contributed by atoms with Crippen molar-refractivity contribution in [2.45, 2.75) is 12.5 Å². The Morgan fingerprint density at radius 1 is 1.00 bits per heavy atom. The summed E-state index contributed by atoms with van der Waals surface area (Å²) in [5.41, 5.74) is 9.22. The summed E-state index contributed by atoms with van der Waals surface area (Å²) in [5, 5.41) is 2.39. The summed E-state index contributed by atoms with van der Waals surface area (Å²) in [6.45, 7) is 0. The van der Waals surface area contributed by atoms with Crippen LogP contribution in [0.25, 0.3) is 10.9 Å². The Labute approximate surface area is 133 Å². The lowest BCUT2D eigenvalue weighted by atomic mass is 9.98. The third-order valence-corrected chi connectivity index (χ3v) is 4.25. The van der Waals surface area contributed by atoms with Gasteiger partial charge in [0, 0.05) is 27.7 Å². The van der Waals surface area contributed by atoms with Crippen LogP contribution in [0, 0.1) is 0 Å². The van der Waals surface area contributed by atoms with Crippen molar-refractivity contribution in [3.63, 3.8) is 0 Å². The van der Waals surface area contributed by atoms with Crippen molar-refractivity contribution >= 4 is 34.1 Å². The Morgan fingerprint density at radius 2 is 1.76 bits per heavy atom. The molecule has 2 aromatic carbocycles. The third kappa shape index (κ3) is 3.03. The highest BCUT2D eigenvalue weighted by molar-refractivity contribution is 6.36. The van der Waals surface area contributed by atoms with Crippen molar-refractivity contribution in [3.05, 3.63) is 75.9 Å². The molecular formula is C17H14Cl2N2. The molecule has 0 radical (unpaired) electrons. The Morgan fingerprint density at radius 3 is 2.52 bits per heavy atom. The van der Waals surface area contributed by atoms with Crippen LogP contribution in [0.3, 0.4) is 0 Å². The van der Waals surface area contributed by atoms with Crippen LogP contribution in [0.5, 0.6) is 0 Å². The van der Waals surface area contributed by atoms with Gasteiger partial charge in [-0.25, -0.2) is 0 Å². The van der Waals surface area contributed by atoms with Crippen LogP contribution >= 0.6 is 23.2 Å². The van der Waals surface area contributed by atoms with Crippen LogP contribution < -0.4 is 5.73 Å². The molecule has 2 N–H and O–H groups in total. The predicted molar refractivity (Wildman–Crippen MR) is 88.8 cm³/mol. The fourth-order valence-corrected chi connectivity index (χ4v) is 2.94. The first-order chi connectivity index (χ1) is 10.1. The Balaban J connectivity index is 1.91. The van der Waals surface area contributed by atoms with Crippen LogP contribution in [-0.2, 0) is 6.42 Å². The van der Waals surface area contributed by atoms with Gasteiger partial charge in [-0.3, -0.25) is 4.98 Å². The summed E-state index contributed by atoms with van der Waals surface area (Å²) in [7, 11) is 0. The minimum atomic E-state index is -0.160. The monoisotopic (exact) mass is 316 g/mol. The van der Waals surface area contributed by atoms with E-state index < -0.39 is 0 Å². The number of nitrogens with two attached hydrogens (primary N) is 1. The Bertz CT molecular complexity index is 766. The number of hydrogen-bond donors (Lipinski definition) is 1. The molecule has 0 saturated carbocycles. The number of hydrogen-bond acceptors (Lipinski definition) is 2. The highest BCUT2D eigenvalue weighted by atomic mass is 35.5. The lowest BCUT2D eigenvalue weighted by Crippen LogP contribution is -2.13. The van der Waals surface area contributed by atoms with E-state index in [9.17, 15) is 0 Å². The zero-order chi connectivity index (χ0) is 14.8. The van der Waals surface area contributed by atoms with Gasteiger partial charge < -0.3 is 5.73 Å². The van der Waals surface area contributed by atoms with Crippen LogP contribution in [-0.4, -0.2) is 4.98 Å². The molecule has 0 aliphatic rings. The molecule has 1 atom stereocenters. The van der Waals surface area contributed by atoms with Crippen molar-refractivity contribution in [2.75, 3.05) is 0 Å². The largest absolute Gasteiger partial charge is 0.324 e. The first-order valence-electron chi connectivity index (χ1n) is 6.68. The first kappa shape index (κ1) is 14.3. The standard InChI is InChI=1S/C17H14Cl2N2/c18-14-4-1-5-15(19)13(14)10-16(20)11-6-7-17-12(9-11)3-2-8-21-17/h1-9,16H,10,20H2.